The zero-order chi connectivity index (χ0) is 7.28. The Bertz CT molecular complexity index is 143. The molecule has 0 heterocycles. The van der Waals surface area contributed by atoms with E-state index >= 15 is 0 Å². The van der Waals surface area contributed by atoms with Crippen LogP contribution in [0.5, 0.6) is 0 Å². The van der Waals surface area contributed by atoms with Crippen LogP contribution in [0.25, 0.3) is 0 Å². The van der Waals surface area contributed by atoms with E-state index in [2.05, 4.69) is 36.0 Å². The smallest absolute Gasteiger partial charge is 0.0135 e. The molecule has 1 heteroatoms. The first kappa shape index (κ1) is 8.70. The molecule has 0 N–H and O–H groups in total. The normalized spacial score (nSPS) is 11.1. The molecule has 0 nitrogen and oxygen atoms in total. The first-order valence-electron chi connectivity index (χ1n) is 2.88. The monoisotopic (exact) mass is 186 g/mol. The average Bonchev–Trinajstić information content (AvgIpc) is 1.82. The maximum Gasteiger partial charge on any atom is 0.0135 e. The summed E-state index contributed by atoms with van der Waals surface area (Å²) in [4.78, 5) is 0. The van der Waals surface area contributed by atoms with E-state index in [1.165, 1.54) is 5.57 Å². The molecule has 0 saturated carbocycles. The number of rotatable bonds is 3. The minimum Gasteiger partial charge on any atom is -0.0991 e. The minimum absolute atomic E-state index is 0.949. The quantitative estimate of drug-likeness (QED) is 0.594. The molecule has 0 fully saturated rings. The molecular formula is C8H11Br. The van der Waals surface area contributed by atoms with E-state index in [4.69, 9.17) is 0 Å². The first-order valence-corrected chi connectivity index (χ1v) is 3.68. The fourth-order valence-corrected chi connectivity index (χ4v) is 0.955. The second-order valence-corrected chi connectivity index (χ2v) is 2.64. The highest BCUT2D eigenvalue weighted by molar-refractivity contribution is 9.11. The fourth-order valence-electron chi connectivity index (χ4n) is 0.542. The molecule has 0 aliphatic heterocycles. The Morgan fingerprint density at radius 1 is 1.67 bits per heavy atom. The van der Waals surface area contributed by atoms with Crippen molar-refractivity contribution in [2.24, 2.45) is 0 Å². The maximum atomic E-state index is 3.75. The number of hydrogen-bond donors (Lipinski definition) is 0. The van der Waals surface area contributed by atoms with Crippen LogP contribution < -0.4 is 0 Å². The first-order chi connectivity index (χ1) is 4.22. The Labute approximate surface area is 65.1 Å². The Kier molecular flexibility index (Phi) is 4.41. The van der Waals surface area contributed by atoms with Crippen LogP contribution in [0.4, 0.5) is 0 Å². The minimum atomic E-state index is 0.949. The van der Waals surface area contributed by atoms with Crippen LogP contribution in [-0.4, -0.2) is 0 Å². The Morgan fingerprint density at radius 3 is 2.33 bits per heavy atom. The van der Waals surface area contributed by atoms with Crippen molar-refractivity contribution in [3.63, 3.8) is 0 Å². The topological polar surface area (TPSA) is 0 Å². The lowest BCUT2D eigenvalue weighted by molar-refractivity contribution is 1.15. The third-order valence-corrected chi connectivity index (χ3v) is 1.56. The highest BCUT2D eigenvalue weighted by atomic mass is 79.9. The summed E-state index contributed by atoms with van der Waals surface area (Å²) < 4.78 is 0.949. The van der Waals surface area contributed by atoms with Crippen LogP contribution in [0.3, 0.4) is 0 Å². The van der Waals surface area contributed by atoms with Crippen molar-refractivity contribution in [2.75, 3.05) is 0 Å². The predicted molar refractivity (Wildman–Crippen MR) is 46.6 cm³/mol. The predicted octanol–water partition coefficient (Wildman–Crippen LogP) is 3.42. The molecule has 0 amide bonds. The van der Waals surface area contributed by atoms with Gasteiger partial charge in [0.05, 0.1) is 0 Å². The molecule has 0 aromatic rings. The number of halogens is 1. The third-order valence-electron chi connectivity index (χ3n) is 1.05. The molecule has 0 aliphatic carbocycles. The van der Waals surface area contributed by atoms with Gasteiger partial charge in [0.15, 0.2) is 0 Å². The van der Waals surface area contributed by atoms with Gasteiger partial charge in [-0.3, -0.25) is 0 Å². The molecule has 0 bridgehead atoms. The largest absolute Gasteiger partial charge is 0.0991 e. The molecule has 0 rings (SSSR count). The molecule has 50 valence electrons. The van der Waals surface area contributed by atoms with Gasteiger partial charge in [-0.2, -0.15) is 0 Å². The molecule has 0 unspecified atom stereocenters. The lowest BCUT2D eigenvalue weighted by atomic mass is 10.2. The van der Waals surface area contributed by atoms with Gasteiger partial charge in [-0.15, -0.1) is 0 Å². The van der Waals surface area contributed by atoms with Crippen LogP contribution in [0, 0.1) is 0 Å². The van der Waals surface area contributed by atoms with Gasteiger partial charge >= 0.3 is 0 Å². The van der Waals surface area contributed by atoms with Gasteiger partial charge in [-0.05, 0) is 12.0 Å². The molecule has 0 aromatic heterocycles. The van der Waals surface area contributed by atoms with Gasteiger partial charge < -0.3 is 0 Å². The Morgan fingerprint density at radius 2 is 2.22 bits per heavy atom. The number of hydrogen-bond acceptors (Lipinski definition) is 0. The van der Waals surface area contributed by atoms with E-state index in [1.54, 1.807) is 6.08 Å². The van der Waals surface area contributed by atoms with Gasteiger partial charge in [0, 0.05) is 4.48 Å². The van der Waals surface area contributed by atoms with Crippen molar-refractivity contribution in [2.45, 2.75) is 13.3 Å². The highest BCUT2D eigenvalue weighted by Gasteiger charge is 1.91. The average molecular weight is 187 g/mol. The summed E-state index contributed by atoms with van der Waals surface area (Å²) in [6.45, 7) is 9.42. The van der Waals surface area contributed by atoms with Crippen LogP contribution in [0.1, 0.15) is 13.3 Å². The summed E-state index contributed by atoms with van der Waals surface area (Å²) in [5.41, 5.74) is 1.20. The second kappa shape index (κ2) is 4.57. The number of allylic oxidation sites excluding steroid dienone is 4. The molecule has 0 atom stereocenters. The Hall–Kier alpha value is -0.300. The summed E-state index contributed by atoms with van der Waals surface area (Å²) in [6, 6.07) is 0. The zero-order valence-electron chi connectivity index (χ0n) is 5.65. The molecule has 0 aliphatic rings. The lowest BCUT2D eigenvalue weighted by Crippen LogP contribution is -1.75. The van der Waals surface area contributed by atoms with Crippen LogP contribution >= 0.6 is 15.9 Å². The van der Waals surface area contributed by atoms with Gasteiger partial charge in [0.25, 0.3) is 0 Å². The van der Waals surface area contributed by atoms with E-state index in [9.17, 15) is 0 Å². The van der Waals surface area contributed by atoms with E-state index in [1.807, 2.05) is 6.08 Å². The van der Waals surface area contributed by atoms with Crippen LogP contribution in [0.2, 0.25) is 0 Å². The van der Waals surface area contributed by atoms with Gasteiger partial charge in [-0.25, -0.2) is 0 Å². The van der Waals surface area contributed by atoms with Crippen LogP contribution in [-0.2, 0) is 0 Å². The fraction of sp³-hybridized carbons (Fsp3) is 0.250. The molecule has 0 aromatic carbocycles. The Balaban J connectivity index is 4.14. The van der Waals surface area contributed by atoms with Crippen molar-refractivity contribution >= 4 is 15.9 Å². The van der Waals surface area contributed by atoms with Crippen LogP contribution in [0.15, 0.2) is 35.4 Å². The molecule has 0 radical (unpaired) electrons. The second-order valence-electron chi connectivity index (χ2n) is 1.69. The van der Waals surface area contributed by atoms with E-state index in [0.29, 0.717) is 0 Å². The lowest BCUT2D eigenvalue weighted by Gasteiger charge is -1.97. The van der Waals surface area contributed by atoms with Crippen molar-refractivity contribution in [1.29, 1.82) is 0 Å². The van der Waals surface area contributed by atoms with E-state index < -0.39 is 0 Å². The third kappa shape index (κ3) is 3.31. The van der Waals surface area contributed by atoms with Gasteiger partial charge in [-0.1, -0.05) is 48.2 Å². The summed E-state index contributed by atoms with van der Waals surface area (Å²) in [7, 11) is 0. The van der Waals surface area contributed by atoms with Gasteiger partial charge in [0.2, 0.25) is 0 Å². The summed E-state index contributed by atoms with van der Waals surface area (Å²) in [6.07, 6.45) is 4.72. The maximum absolute atomic E-state index is 3.75. The zero-order valence-corrected chi connectivity index (χ0v) is 7.24. The summed E-state index contributed by atoms with van der Waals surface area (Å²) >= 11 is 3.29. The SMILES string of the molecule is C=C/C=C(/CC)C(=C)Br. The summed E-state index contributed by atoms with van der Waals surface area (Å²) in [5.74, 6) is 0. The van der Waals surface area contributed by atoms with E-state index in [0.717, 1.165) is 10.9 Å². The van der Waals surface area contributed by atoms with Crippen molar-refractivity contribution in [3.05, 3.63) is 35.4 Å². The highest BCUT2D eigenvalue weighted by Crippen LogP contribution is 2.17. The van der Waals surface area contributed by atoms with Crippen molar-refractivity contribution in [3.8, 4) is 0 Å². The molecule has 0 saturated heterocycles. The molecule has 9 heavy (non-hydrogen) atoms. The standard InChI is InChI=1S/C8H11Br/c1-4-6-8(5-2)7(3)9/h4,6H,1,3,5H2,2H3/b8-6-. The summed E-state index contributed by atoms with van der Waals surface area (Å²) in [5, 5.41) is 0. The molecule has 0 spiro atoms. The van der Waals surface area contributed by atoms with Crippen molar-refractivity contribution in [1.82, 2.24) is 0 Å². The van der Waals surface area contributed by atoms with Crippen molar-refractivity contribution < 1.29 is 0 Å². The van der Waals surface area contributed by atoms with E-state index in [-0.39, 0.29) is 0 Å². The molecular weight excluding hydrogens is 176 g/mol. The van der Waals surface area contributed by atoms with Gasteiger partial charge in [0.1, 0.15) is 0 Å².